The summed E-state index contributed by atoms with van der Waals surface area (Å²) in [5, 5.41) is 40.8. The van der Waals surface area contributed by atoms with E-state index < -0.39 is 35.2 Å². The summed E-state index contributed by atoms with van der Waals surface area (Å²) >= 11 is 7.63. The van der Waals surface area contributed by atoms with Gasteiger partial charge in [-0.3, -0.25) is 4.39 Å². The van der Waals surface area contributed by atoms with Crippen molar-refractivity contribution in [3.8, 4) is 0 Å². The first kappa shape index (κ1) is 22.0. The van der Waals surface area contributed by atoms with Crippen LogP contribution in [0.25, 0.3) is 0 Å². The molecule has 5 atom stereocenters. The third-order valence-electron chi connectivity index (χ3n) is 5.84. The molecule has 2 heterocycles. The molecule has 8 heteroatoms. The Morgan fingerprint density at radius 2 is 1.80 bits per heavy atom. The summed E-state index contributed by atoms with van der Waals surface area (Å²) in [6.45, 7) is -0.548. The van der Waals surface area contributed by atoms with E-state index in [0.29, 0.717) is 23.4 Å². The minimum absolute atomic E-state index is 0.207. The molecule has 4 N–H and O–H groups in total. The topological polar surface area (TPSA) is 90.2 Å². The van der Waals surface area contributed by atoms with Crippen LogP contribution in [-0.4, -0.2) is 57.3 Å². The van der Waals surface area contributed by atoms with Gasteiger partial charge in [0.15, 0.2) is 4.93 Å². The van der Waals surface area contributed by atoms with Crippen LogP contribution in [0, 0.1) is 0 Å². The van der Waals surface area contributed by atoms with Crippen molar-refractivity contribution in [3.63, 3.8) is 0 Å². The maximum atomic E-state index is 12.5. The molecule has 30 heavy (non-hydrogen) atoms. The number of halogens is 2. The highest BCUT2D eigenvalue weighted by molar-refractivity contribution is 8.00. The highest BCUT2D eigenvalue weighted by Crippen LogP contribution is 2.54. The van der Waals surface area contributed by atoms with E-state index in [1.165, 1.54) is 0 Å². The summed E-state index contributed by atoms with van der Waals surface area (Å²) in [5.41, 5.74) is 4.25. The van der Waals surface area contributed by atoms with Crippen molar-refractivity contribution in [1.29, 1.82) is 0 Å². The van der Waals surface area contributed by atoms with E-state index in [-0.39, 0.29) is 13.2 Å². The smallest absolute Gasteiger partial charge is 0.168 e. The summed E-state index contributed by atoms with van der Waals surface area (Å²) in [6, 6.07) is 11.3. The molecular formula is C22H24ClFO5S. The average molecular weight is 455 g/mol. The molecule has 0 saturated carbocycles. The Balaban J connectivity index is 1.67. The zero-order chi connectivity index (χ0) is 21.5. The van der Waals surface area contributed by atoms with E-state index in [2.05, 4.69) is 0 Å². The van der Waals surface area contributed by atoms with E-state index in [9.17, 15) is 24.8 Å². The molecule has 1 fully saturated rings. The largest absolute Gasteiger partial charge is 0.395 e. The monoisotopic (exact) mass is 454 g/mol. The van der Waals surface area contributed by atoms with Gasteiger partial charge in [-0.05, 0) is 40.8 Å². The van der Waals surface area contributed by atoms with Gasteiger partial charge in [0.25, 0.3) is 0 Å². The van der Waals surface area contributed by atoms with Gasteiger partial charge in [0.05, 0.1) is 31.2 Å². The highest BCUT2D eigenvalue weighted by atomic mass is 35.5. The molecule has 0 aromatic heterocycles. The van der Waals surface area contributed by atoms with Crippen LogP contribution < -0.4 is 0 Å². The molecule has 1 spiro atoms. The van der Waals surface area contributed by atoms with Crippen molar-refractivity contribution in [2.75, 3.05) is 13.3 Å². The van der Waals surface area contributed by atoms with Gasteiger partial charge in [0.2, 0.25) is 0 Å². The van der Waals surface area contributed by atoms with E-state index >= 15 is 0 Å². The summed E-state index contributed by atoms with van der Waals surface area (Å²) < 4.78 is 18.5. The van der Waals surface area contributed by atoms with Gasteiger partial charge in [0.1, 0.15) is 12.2 Å². The normalized spacial score (nSPS) is 30.6. The lowest BCUT2D eigenvalue weighted by molar-refractivity contribution is -0.147. The number of alkyl halides is 1. The Labute approximate surface area is 183 Å². The van der Waals surface area contributed by atoms with E-state index in [1.807, 2.05) is 30.3 Å². The second kappa shape index (κ2) is 8.74. The minimum Gasteiger partial charge on any atom is -0.395 e. The second-order valence-electron chi connectivity index (χ2n) is 7.75. The summed E-state index contributed by atoms with van der Waals surface area (Å²) in [6.07, 6.45) is -3.15. The number of fused-ring (bicyclic) bond motifs is 2. The van der Waals surface area contributed by atoms with E-state index in [1.54, 1.807) is 6.07 Å². The van der Waals surface area contributed by atoms with Gasteiger partial charge in [0, 0.05) is 17.0 Å². The Hall–Kier alpha value is -1.19. The molecule has 0 aliphatic carbocycles. The number of thioether (sulfide) groups is 1. The third-order valence-corrected chi connectivity index (χ3v) is 7.85. The van der Waals surface area contributed by atoms with Crippen LogP contribution in [0.5, 0.6) is 0 Å². The summed E-state index contributed by atoms with van der Waals surface area (Å²) in [7, 11) is 0. The van der Waals surface area contributed by atoms with Crippen molar-refractivity contribution >= 4 is 23.4 Å². The molecule has 0 unspecified atom stereocenters. The van der Waals surface area contributed by atoms with E-state index in [0.717, 1.165) is 34.0 Å². The van der Waals surface area contributed by atoms with Crippen molar-refractivity contribution < 1.29 is 29.6 Å². The maximum absolute atomic E-state index is 12.5. The quantitative estimate of drug-likeness (QED) is 0.554. The lowest BCUT2D eigenvalue weighted by Crippen LogP contribution is -2.58. The Morgan fingerprint density at radius 3 is 2.47 bits per heavy atom. The molecular weight excluding hydrogens is 431 g/mol. The predicted octanol–water partition coefficient (Wildman–Crippen LogP) is 2.32. The standard InChI is InChI=1S/C22H24ClFO5S/c23-17-9-15-11-29-22(21(28)20(27)19(26)18(10-25)30-22)16(15)8-14(17)7-13-3-1-12(2-4-13)5-6-24/h1-4,8-9,18-21,25-28H,5-7,10-11H2/t18-,19-,20+,21-,22+/m1/s1. The molecule has 5 nitrogen and oxygen atoms in total. The van der Waals surface area contributed by atoms with Gasteiger partial charge >= 0.3 is 0 Å². The maximum Gasteiger partial charge on any atom is 0.168 e. The molecule has 0 radical (unpaired) electrons. The lowest BCUT2D eigenvalue weighted by Gasteiger charge is -2.45. The van der Waals surface area contributed by atoms with Gasteiger partial charge in [-0.15, -0.1) is 11.8 Å². The van der Waals surface area contributed by atoms with Crippen LogP contribution in [-0.2, 0) is 29.1 Å². The highest BCUT2D eigenvalue weighted by Gasteiger charge is 2.57. The molecule has 1 saturated heterocycles. The van der Waals surface area contributed by atoms with Crippen LogP contribution in [0.1, 0.15) is 27.8 Å². The Morgan fingerprint density at radius 1 is 1.10 bits per heavy atom. The number of hydrogen-bond acceptors (Lipinski definition) is 6. The summed E-state index contributed by atoms with van der Waals surface area (Å²) in [5.74, 6) is 0. The first-order valence-corrected chi connectivity index (χ1v) is 11.1. The van der Waals surface area contributed by atoms with Crippen molar-refractivity contribution in [2.24, 2.45) is 0 Å². The minimum atomic E-state index is -1.45. The summed E-state index contributed by atoms with van der Waals surface area (Å²) in [4.78, 5) is -1.29. The van der Waals surface area contributed by atoms with Crippen molar-refractivity contribution in [2.45, 2.75) is 47.9 Å². The number of rotatable bonds is 5. The Bertz CT molecular complexity index is 909. The number of hydrogen-bond donors (Lipinski definition) is 4. The van der Waals surface area contributed by atoms with E-state index in [4.69, 9.17) is 16.3 Å². The molecule has 2 aromatic rings. The van der Waals surface area contributed by atoms with Crippen LogP contribution >= 0.6 is 23.4 Å². The first-order chi connectivity index (χ1) is 14.4. The van der Waals surface area contributed by atoms with Crippen LogP contribution in [0.2, 0.25) is 5.02 Å². The number of aliphatic hydroxyl groups excluding tert-OH is 4. The molecule has 2 aliphatic rings. The number of benzene rings is 2. The molecule has 0 bridgehead atoms. The fourth-order valence-electron chi connectivity index (χ4n) is 4.14. The zero-order valence-corrected chi connectivity index (χ0v) is 17.7. The SMILES string of the molecule is OC[C@H]1S[C@]2(OCc3cc(Cl)c(Cc4ccc(CCF)cc4)cc32)[C@H](O)[C@@H](O)[C@@H]1O. The third kappa shape index (κ3) is 3.77. The van der Waals surface area contributed by atoms with Gasteiger partial charge in [-0.2, -0.15) is 0 Å². The molecule has 0 amide bonds. The van der Waals surface area contributed by atoms with Gasteiger partial charge in [-0.25, -0.2) is 0 Å². The fraction of sp³-hybridized carbons (Fsp3) is 0.455. The fourth-order valence-corrected chi connectivity index (χ4v) is 5.94. The average Bonchev–Trinajstić information content (AvgIpc) is 3.09. The number of aryl methyl sites for hydroxylation is 1. The van der Waals surface area contributed by atoms with Gasteiger partial charge < -0.3 is 25.2 Å². The molecule has 4 rings (SSSR count). The lowest BCUT2D eigenvalue weighted by atomic mass is 9.91. The zero-order valence-electron chi connectivity index (χ0n) is 16.2. The van der Waals surface area contributed by atoms with Crippen LogP contribution in [0.4, 0.5) is 4.39 Å². The number of aliphatic hydroxyl groups is 4. The molecule has 2 aromatic carbocycles. The van der Waals surface area contributed by atoms with Crippen LogP contribution in [0.3, 0.4) is 0 Å². The van der Waals surface area contributed by atoms with Crippen LogP contribution in [0.15, 0.2) is 36.4 Å². The van der Waals surface area contributed by atoms with Crippen molar-refractivity contribution in [3.05, 3.63) is 69.2 Å². The second-order valence-corrected chi connectivity index (χ2v) is 9.61. The van der Waals surface area contributed by atoms with Crippen molar-refractivity contribution in [1.82, 2.24) is 0 Å². The predicted molar refractivity (Wildman–Crippen MR) is 113 cm³/mol. The van der Waals surface area contributed by atoms with Gasteiger partial charge in [-0.1, -0.05) is 35.9 Å². The molecule has 2 aliphatic heterocycles. The first-order valence-electron chi connectivity index (χ1n) is 9.82. The molecule has 162 valence electrons. The number of ether oxygens (including phenoxy) is 1. The Kier molecular flexibility index (Phi) is 6.42.